The second-order valence-electron chi connectivity index (χ2n) is 10.6. The molecule has 11 heteroatoms. The van der Waals surface area contributed by atoms with E-state index in [1.807, 2.05) is 45.9 Å². The van der Waals surface area contributed by atoms with Gasteiger partial charge in [0.25, 0.3) is 0 Å². The molecular formula is C27H37N5O5S. The summed E-state index contributed by atoms with van der Waals surface area (Å²) in [5.74, 6) is -0.275. The average molecular weight is 544 g/mol. The minimum atomic E-state index is -3.19. The van der Waals surface area contributed by atoms with Crippen LogP contribution in [0.1, 0.15) is 55.8 Å². The largest absolute Gasteiger partial charge is 0.348 e. The van der Waals surface area contributed by atoms with Crippen molar-refractivity contribution in [2.24, 2.45) is 11.3 Å². The van der Waals surface area contributed by atoms with E-state index in [2.05, 4.69) is 22.2 Å². The highest BCUT2D eigenvalue weighted by atomic mass is 32.3. The van der Waals surface area contributed by atoms with E-state index in [1.165, 1.54) is 0 Å². The Balaban J connectivity index is 1.44. The summed E-state index contributed by atoms with van der Waals surface area (Å²) < 4.78 is 26.0. The van der Waals surface area contributed by atoms with Gasteiger partial charge in [-0.1, -0.05) is 30.3 Å². The van der Waals surface area contributed by atoms with Gasteiger partial charge >= 0.3 is 5.97 Å². The molecule has 1 atom stereocenters. The van der Waals surface area contributed by atoms with E-state index >= 15 is 0 Å². The summed E-state index contributed by atoms with van der Waals surface area (Å²) in [7, 11) is -3.19. The van der Waals surface area contributed by atoms with E-state index in [4.69, 9.17) is 9.78 Å². The fraction of sp³-hybridized carbons (Fsp3) is 0.481. The number of carbonyl (C=O) groups excluding carboxylic acids is 1. The van der Waals surface area contributed by atoms with Crippen LogP contribution in [0.3, 0.4) is 0 Å². The second-order valence-corrected chi connectivity index (χ2v) is 12.6. The lowest BCUT2D eigenvalue weighted by molar-refractivity contribution is -0.287. The fourth-order valence-electron chi connectivity index (χ4n) is 4.56. The van der Waals surface area contributed by atoms with Crippen molar-refractivity contribution in [3.05, 3.63) is 70.8 Å². The number of fused-ring (bicyclic) bond motifs is 1. The molecule has 3 aromatic rings. The molecule has 0 bridgehead atoms. The van der Waals surface area contributed by atoms with Crippen LogP contribution in [0.15, 0.2) is 47.6 Å². The van der Waals surface area contributed by atoms with Crippen molar-refractivity contribution >= 4 is 16.7 Å². The van der Waals surface area contributed by atoms with Gasteiger partial charge in [-0.15, -0.1) is 15.9 Å². The van der Waals surface area contributed by atoms with Crippen molar-refractivity contribution in [2.45, 2.75) is 72.1 Å². The molecule has 2 N–H and O–H groups in total. The van der Waals surface area contributed by atoms with Crippen LogP contribution in [0.25, 0.3) is 0 Å². The highest BCUT2D eigenvalue weighted by molar-refractivity contribution is 8.22. The first-order valence-corrected chi connectivity index (χ1v) is 14.3. The number of hydrogen-bond donors (Lipinski definition) is 2. The molecule has 0 saturated carbocycles. The molecule has 2 aromatic heterocycles. The summed E-state index contributed by atoms with van der Waals surface area (Å²) in [4.78, 5) is 28.0. The van der Waals surface area contributed by atoms with E-state index < -0.39 is 22.2 Å². The number of rotatable bonds is 9. The lowest BCUT2D eigenvalue weighted by Gasteiger charge is -2.42. The number of hydrogen-bond acceptors (Lipinski definition) is 9. The van der Waals surface area contributed by atoms with Crippen LogP contribution in [0.4, 0.5) is 0 Å². The molecule has 1 aliphatic rings. The van der Waals surface area contributed by atoms with Crippen molar-refractivity contribution < 1.29 is 23.7 Å². The van der Waals surface area contributed by atoms with Gasteiger partial charge in [-0.05, 0) is 75.3 Å². The molecule has 0 amide bonds. The zero-order valence-electron chi connectivity index (χ0n) is 22.6. The summed E-state index contributed by atoms with van der Waals surface area (Å²) >= 11 is 0. The molecule has 0 radical (unpaired) electrons. The molecule has 10 nitrogen and oxygen atoms in total. The Kier molecular flexibility index (Phi) is 8.53. The van der Waals surface area contributed by atoms with Crippen molar-refractivity contribution in [1.82, 2.24) is 24.3 Å². The lowest BCUT2D eigenvalue weighted by atomic mass is 9.85. The first-order valence-electron chi connectivity index (χ1n) is 12.8. The van der Waals surface area contributed by atoms with E-state index in [9.17, 15) is 13.9 Å². The SMILES string of the molecule is CCn1cc(COOC(=O)C(C)(C)Cc2ccc(C)c(CN3CC(C)Cc4ncccc4S3(O)O)c2)nn1. The molecule has 4 rings (SSSR count). The zero-order valence-corrected chi connectivity index (χ0v) is 23.4. The minimum absolute atomic E-state index is 0.0236. The number of aromatic nitrogens is 4. The Morgan fingerprint density at radius 3 is 2.79 bits per heavy atom. The van der Waals surface area contributed by atoms with Gasteiger partial charge < -0.3 is 0 Å². The maximum atomic E-state index is 12.8. The van der Waals surface area contributed by atoms with Gasteiger partial charge in [-0.3, -0.25) is 23.7 Å². The normalized spacial score (nSPS) is 18.4. The summed E-state index contributed by atoms with van der Waals surface area (Å²) in [6.45, 7) is 11.3. The summed E-state index contributed by atoms with van der Waals surface area (Å²) in [6.07, 6.45) is 4.55. The van der Waals surface area contributed by atoms with Gasteiger partial charge in [0.15, 0.2) is 0 Å². The minimum Gasteiger partial charge on any atom is -0.297 e. The second kappa shape index (κ2) is 11.5. The molecule has 38 heavy (non-hydrogen) atoms. The Bertz CT molecular complexity index is 1280. The Hall–Kier alpha value is -2.83. The number of pyridine rings is 1. The van der Waals surface area contributed by atoms with E-state index in [0.717, 1.165) is 22.4 Å². The number of aryl methyl sites for hydroxylation is 2. The first kappa shape index (κ1) is 28.2. The molecule has 206 valence electrons. The topological polar surface area (TPSA) is 123 Å². The zero-order chi connectivity index (χ0) is 27.5. The predicted octanol–water partition coefficient (Wildman–Crippen LogP) is 4.96. The van der Waals surface area contributed by atoms with Crippen molar-refractivity contribution in [3.8, 4) is 0 Å². The van der Waals surface area contributed by atoms with Crippen LogP contribution in [0.5, 0.6) is 0 Å². The maximum Gasteiger partial charge on any atom is 0.348 e. The molecule has 1 aliphatic heterocycles. The van der Waals surface area contributed by atoms with Crippen LogP contribution in [0.2, 0.25) is 0 Å². The van der Waals surface area contributed by atoms with Gasteiger partial charge in [-0.2, -0.15) is 9.19 Å². The van der Waals surface area contributed by atoms with Crippen molar-refractivity contribution in [1.29, 1.82) is 0 Å². The molecule has 1 unspecified atom stereocenters. The molecule has 0 aliphatic carbocycles. The van der Waals surface area contributed by atoms with Crippen LogP contribution < -0.4 is 0 Å². The molecule has 0 fully saturated rings. The third-order valence-electron chi connectivity index (χ3n) is 6.77. The molecule has 1 aromatic carbocycles. The van der Waals surface area contributed by atoms with Crippen LogP contribution in [-0.4, -0.2) is 45.9 Å². The van der Waals surface area contributed by atoms with E-state index in [1.54, 1.807) is 33.5 Å². The molecule has 0 spiro atoms. The monoisotopic (exact) mass is 543 g/mol. The first-order chi connectivity index (χ1) is 18.0. The number of carbonyl (C=O) groups is 1. The van der Waals surface area contributed by atoms with Crippen molar-refractivity contribution in [2.75, 3.05) is 6.54 Å². The van der Waals surface area contributed by atoms with E-state index in [-0.39, 0.29) is 12.5 Å². The third kappa shape index (κ3) is 6.41. The van der Waals surface area contributed by atoms with Crippen LogP contribution in [0, 0.1) is 18.3 Å². The summed E-state index contributed by atoms with van der Waals surface area (Å²) in [5.41, 5.74) is 3.42. The molecular weight excluding hydrogens is 506 g/mol. The Labute approximate surface area is 225 Å². The van der Waals surface area contributed by atoms with Gasteiger partial charge in [0.1, 0.15) is 12.3 Å². The summed E-state index contributed by atoms with van der Waals surface area (Å²) in [6, 6.07) is 9.52. The van der Waals surface area contributed by atoms with Gasteiger partial charge in [0, 0.05) is 25.8 Å². The Morgan fingerprint density at radius 1 is 1.26 bits per heavy atom. The van der Waals surface area contributed by atoms with Crippen LogP contribution in [-0.2, 0) is 47.1 Å². The van der Waals surface area contributed by atoms with Gasteiger partial charge in [0.05, 0.1) is 22.2 Å². The quantitative estimate of drug-likeness (QED) is 0.285. The average Bonchev–Trinajstić information content (AvgIpc) is 3.30. The van der Waals surface area contributed by atoms with Gasteiger partial charge in [0.2, 0.25) is 0 Å². The van der Waals surface area contributed by atoms with Crippen LogP contribution >= 0.6 is 10.8 Å². The maximum absolute atomic E-state index is 12.8. The highest BCUT2D eigenvalue weighted by Crippen LogP contribution is 2.55. The highest BCUT2D eigenvalue weighted by Gasteiger charge is 2.34. The number of nitrogens with zero attached hydrogens (tertiary/aromatic N) is 5. The van der Waals surface area contributed by atoms with E-state index in [0.29, 0.717) is 43.1 Å². The Morgan fingerprint density at radius 2 is 2.05 bits per heavy atom. The molecule has 3 heterocycles. The van der Waals surface area contributed by atoms with Gasteiger partial charge in [-0.25, -0.2) is 4.79 Å². The summed E-state index contributed by atoms with van der Waals surface area (Å²) in [5, 5.41) is 7.90. The smallest absolute Gasteiger partial charge is 0.297 e. The fourth-order valence-corrected chi connectivity index (χ4v) is 6.33. The number of benzene rings is 1. The standard InChI is InChI=1S/C27H37N5O5S/c1-6-31-17-23(29-30-31)18-36-37-26(33)27(4,5)14-21-10-9-20(3)22(13-21)16-32-15-19(2)12-24-25(38(32,34)35)8-7-11-28-24/h7-11,13,17,19,34-35H,6,12,14-16,18H2,1-5H3. The predicted molar refractivity (Wildman–Crippen MR) is 144 cm³/mol. The lowest BCUT2D eigenvalue weighted by Crippen LogP contribution is -2.31. The molecule has 0 saturated heterocycles. The van der Waals surface area contributed by atoms with Crippen molar-refractivity contribution in [3.63, 3.8) is 0 Å². The third-order valence-corrected chi connectivity index (χ3v) is 8.73.